The Balaban J connectivity index is 2.30. The summed E-state index contributed by atoms with van der Waals surface area (Å²) in [7, 11) is 3.93. The Morgan fingerprint density at radius 3 is 2.79 bits per heavy atom. The molecule has 2 N–H and O–H groups in total. The van der Waals surface area contributed by atoms with Crippen molar-refractivity contribution in [1.82, 2.24) is 15.2 Å². The van der Waals surface area contributed by atoms with Crippen LogP contribution in [0.1, 0.15) is 16.1 Å². The topological polar surface area (TPSA) is 74.4 Å². The largest absolute Gasteiger partial charge is 0.378 e. The van der Waals surface area contributed by atoms with Gasteiger partial charge in [-0.1, -0.05) is 0 Å². The second-order valence-electron chi connectivity index (χ2n) is 4.57. The lowest BCUT2D eigenvalue weighted by atomic mass is 10.2. The fourth-order valence-corrected chi connectivity index (χ4v) is 1.43. The first kappa shape index (κ1) is 15.4. The molecular formula is C13H21N3O3. The van der Waals surface area contributed by atoms with Crippen LogP contribution in [0.3, 0.4) is 0 Å². The Labute approximate surface area is 112 Å². The highest BCUT2D eigenvalue weighted by atomic mass is 16.5. The molecule has 0 aliphatic carbocycles. The minimum Gasteiger partial charge on any atom is -0.378 e. The van der Waals surface area contributed by atoms with Gasteiger partial charge in [-0.2, -0.15) is 0 Å². The molecule has 1 amide bonds. The molecule has 1 heterocycles. The molecule has 0 radical (unpaired) electrons. The molecule has 1 aromatic rings. The van der Waals surface area contributed by atoms with Crippen molar-refractivity contribution < 1.29 is 9.53 Å². The molecule has 1 aromatic heterocycles. The SMILES string of the molecule is Cc1cc(=O)c(C(=O)NCCOCCN(C)C)c[nH]1. The minimum atomic E-state index is -0.377. The predicted molar refractivity (Wildman–Crippen MR) is 73.5 cm³/mol. The van der Waals surface area contributed by atoms with E-state index in [9.17, 15) is 9.59 Å². The van der Waals surface area contributed by atoms with Gasteiger partial charge in [-0.15, -0.1) is 0 Å². The number of rotatable bonds is 7. The van der Waals surface area contributed by atoms with Crippen LogP contribution < -0.4 is 10.7 Å². The van der Waals surface area contributed by atoms with E-state index >= 15 is 0 Å². The van der Waals surface area contributed by atoms with E-state index in [-0.39, 0.29) is 16.9 Å². The number of hydrogen-bond donors (Lipinski definition) is 2. The maximum Gasteiger partial charge on any atom is 0.256 e. The Hall–Kier alpha value is -1.66. The van der Waals surface area contributed by atoms with Crippen LogP contribution in [0.4, 0.5) is 0 Å². The summed E-state index contributed by atoms with van der Waals surface area (Å²) in [5, 5.41) is 2.65. The van der Waals surface area contributed by atoms with Crippen molar-refractivity contribution in [3.05, 3.63) is 33.7 Å². The normalized spacial score (nSPS) is 10.7. The highest BCUT2D eigenvalue weighted by Gasteiger charge is 2.09. The quantitative estimate of drug-likeness (QED) is 0.682. The predicted octanol–water partition coefficient (Wildman–Crippen LogP) is -0.00868. The number of amides is 1. The monoisotopic (exact) mass is 267 g/mol. The van der Waals surface area contributed by atoms with Crippen molar-refractivity contribution >= 4 is 5.91 Å². The number of aromatic amines is 1. The number of nitrogens with one attached hydrogen (secondary N) is 2. The van der Waals surface area contributed by atoms with E-state index in [0.717, 1.165) is 12.2 Å². The third-order valence-corrected chi connectivity index (χ3v) is 2.52. The van der Waals surface area contributed by atoms with E-state index in [4.69, 9.17) is 4.74 Å². The van der Waals surface area contributed by atoms with Gasteiger partial charge in [0.1, 0.15) is 5.56 Å². The molecule has 0 spiro atoms. The van der Waals surface area contributed by atoms with Crippen LogP contribution in [0.25, 0.3) is 0 Å². The van der Waals surface area contributed by atoms with Crippen molar-refractivity contribution in [2.24, 2.45) is 0 Å². The van der Waals surface area contributed by atoms with Crippen molar-refractivity contribution in [3.63, 3.8) is 0 Å². The summed E-state index contributed by atoms with van der Waals surface area (Å²) >= 11 is 0. The maximum atomic E-state index is 11.7. The van der Waals surface area contributed by atoms with Crippen molar-refractivity contribution in [1.29, 1.82) is 0 Å². The number of aryl methyl sites for hydroxylation is 1. The molecule has 0 unspecified atom stereocenters. The summed E-state index contributed by atoms with van der Waals surface area (Å²) in [5.41, 5.74) is 0.578. The van der Waals surface area contributed by atoms with Crippen molar-refractivity contribution in [2.45, 2.75) is 6.92 Å². The van der Waals surface area contributed by atoms with Crippen LogP contribution in [-0.2, 0) is 4.74 Å². The van der Waals surface area contributed by atoms with Crippen molar-refractivity contribution in [3.8, 4) is 0 Å². The molecule has 19 heavy (non-hydrogen) atoms. The molecule has 0 bridgehead atoms. The summed E-state index contributed by atoms with van der Waals surface area (Å²) in [6, 6.07) is 1.41. The second-order valence-corrected chi connectivity index (χ2v) is 4.57. The number of hydrogen-bond acceptors (Lipinski definition) is 4. The van der Waals surface area contributed by atoms with Crippen LogP contribution in [0, 0.1) is 6.92 Å². The molecule has 0 saturated heterocycles. The molecular weight excluding hydrogens is 246 g/mol. The number of H-pyrrole nitrogens is 1. The number of ether oxygens (including phenoxy) is 1. The van der Waals surface area contributed by atoms with E-state index in [1.165, 1.54) is 12.3 Å². The summed E-state index contributed by atoms with van der Waals surface area (Å²) in [6.07, 6.45) is 1.43. The lowest BCUT2D eigenvalue weighted by Gasteiger charge is -2.10. The Morgan fingerprint density at radius 2 is 2.16 bits per heavy atom. The standard InChI is InChI=1S/C13H21N3O3/c1-10-8-12(17)11(9-15-10)13(18)14-4-6-19-7-5-16(2)3/h8-9H,4-7H2,1-3H3,(H,14,18)(H,15,17). The number of aromatic nitrogens is 1. The van der Waals surface area contributed by atoms with Gasteiger partial charge in [-0.05, 0) is 21.0 Å². The van der Waals surface area contributed by atoms with Crippen LogP contribution >= 0.6 is 0 Å². The number of pyridine rings is 1. The van der Waals surface area contributed by atoms with E-state index in [0.29, 0.717) is 19.8 Å². The summed E-state index contributed by atoms with van der Waals surface area (Å²) < 4.78 is 5.34. The van der Waals surface area contributed by atoms with E-state index < -0.39 is 0 Å². The average molecular weight is 267 g/mol. The van der Waals surface area contributed by atoms with Crippen molar-refractivity contribution in [2.75, 3.05) is 40.4 Å². The first-order chi connectivity index (χ1) is 9.00. The molecule has 0 aromatic carbocycles. The molecule has 6 heteroatoms. The van der Waals surface area contributed by atoms with Gasteiger partial charge in [-0.25, -0.2) is 0 Å². The Kier molecular flexibility index (Phi) is 6.24. The van der Waals surface area contributed by atoms with Gasteiger partial charge in [0, 0.05) is 31.0 Å². The molecule has 0 aliphatic heterocycles. The smallest absolute Gasteiger partial charge is 0.256 e. The highest BCUT2D eigenvalue weighted by Crippen LogP contribution is 1.91. The Bertz CT molecular complexity index is 468. The van der Waals surface area contributed by atoms with Gasteiger partial charge in [0.05, 0.1) is 13.2 Å². The zero-order valence-electron chi connectivity index (χ0n) is 11.7. The average Bonchev–Trinajstić information content (AvgIpc) is 2.32. The molecule has 0 fully saturated rings. The number of nitrogens with zero attached hydrogens (tertiary/aromatic N) is 1. The van der Waals surface area contributed by atoms with E-state index in [2.05, 4.69) is 10.3 Å². The second kappa shape index (κ2) is 7.70. The Morgan fingerprint density at radius 1 is 1.42 bits per heavy atom. The minimum absolute atomic E-state index is 0.124. The molecule has 0 atom stereocenters. The van der Waals surface area contributed by atoms with Gasteiger partial charge in [-0.3, -0.25) is 9.59 Å². The fraction of sp³-hybridized carbons (Fsp3) is 0.538. The zero-order chi connectivity index (χ0) is 14.3. The summed E-state index contributed by atoms with van der Waals surface area (Å²) in [4.78, 5) is 28.2. The summed E-state index contributed by atoms with van der Waals surface area (Å²) in [6.45, 7) is 4.05. The molecule has 6 nitrogen and oxygen atoms in total. The molecule has 1 rings (SSSR count). The molecule has 0 saturated carbocycles. The summed E-state index contributed by atoms with van der Waals surface area (Å²) in [5.74, 6) is -0.377. The van der Waals surface area contributed by atoms with Gasteiger partial charge in [0.25, 0.3) is 5.91 Å². The van der Waals surface area contributed by atoms with Gasteiger partial charge < -0.3 is 19.9 Å². The zero-order valence-corrected chi connectivity index (χ0v) is 11.7. The number of likely N-dealkylation sites (N-methyl/N-ethyl adjacent to an activating group) is 1. The lowest BCUT2D eigenvalue weighted by Crippen LogP contribution is -2.31. The van der Waals surface area contributed by atoms with Crippen LogP contribution in [-0.4, -0.2) is 56.2 Å². The van der Waals surface area contributed by atoms with E-state index in [1.807, 2.05) is 19.0 Å². The van der Waals surface area contributed by atoms with Gasteiger partial charge in [0.2, 0.25) is 0 Å². The first-order valence-electron chi connectivity index (χ1n) is 6.20. The maximum absolute atomic E-state index is 11.7. The van der Waals surface area contributed by atoms with Crippen LogP contribution in [0.5, 0.6) is 0 Å². The third-order valence-electron chi connectivity index (χ3n) is 2.52. The first-order valence-corrected chi connectivity index (χ1v) is 6.20. The number of carbonyl (C=O) groups is 1. The third kappa shape index (κ3) is 5.67. The fourth-order valence-electron chi connectivity index (χ4n) is 1.43. The van der Waals surface area contributed by atoms with Crippen LogP contribution in [0.2, 0.25) is 0 Å². The van der Waals surface area contributed by atoms with E-state index in [1.54, 1.807) is 6.92 Å². The number of carbonyl (C=O) groups excluding carboxylic acids is 1. The lowest BCUT2D eigenvalue weighted by molar-refractivity contribution is 0.0899. The van der Waals surface area contributed by atoms with Crippen LogP contribution in [0.15, 0.2) is 17.1 Å². The van der Waals surface area contributed by atoms with Gasteiger partial charge in [0.15, 0.2) is 5.43 Å². The van der Waals surface area contributed by atoms with Gasteiger partial charge >= 0.3 is 0 Å². The highest BCUT2D eigenvalue weighted by molar-refractivity contribution is 5.93. The molecule has 106 valence electrons. The molecule has 0 aliphatic rings.